The van der Waals surface area contributed by atoms with Crippen molar-refractivity contribution in [1.82, 2.24) is 24.4 Å². The highest BCUT2D eigenvalue weighted by Crippen LogP contribution is 2.39. The molecule has 0 aliphatic carbocycles. The van der Waals surface area contributed by atoms with Crippen LogP contribution in [0, 0.1) is 0 Å². The molecular weight excluding hydrogens is 476 g/mol. The Balaban J connectivity index is 1.44. The second-order valence-corrected chi connectivity index (χ2v) is 9.09. The third kappa shape index (κ3) is 5.10. The first-order chi connectivity index (χ1) is 18.0. The fourth-order valence-corrected chi connectivity index (χ4v) is 4.93. The Kier molecular flexibility index (Phi) is 6.99. The number of nitrogens with one attached hydrogen (secondary N) is 1. The molecule has 0 unspecified atom stereocenters. The summed E-state index contributed by atoms with van der Waals surface area (Å²) in [5.74, 6) is 3.31. The Labute approximate surface area is 215 Å². The number of anilines is 3. The summed E-state index contributed by atoms with van der Waals surface area (Å²) in [6.07, 6.45) is 6.61. The lowest BCUT2D eigenvalue weighted by Gasteiger charge is -2.30. The van der Waals surface area contributed by atoms with Crippen LogP contribution >= 0.6 is 0 Å². The van der Waals surface area contributed by atoms with Crippen molar-refractivity contribution >= 4 is 23.5 Å². The van der Waals surface area contributed by atoms with Crippen LogP contribution in [0.4, 0.5) is 17.6 Å². The third-order valence-electron chi connectivity index (χ3n) is 6.68. The van der Waals surface area contributed by atoms with Gasteiger partial charge in [-0.2, -0.15) is 4.98 Å². The van der Waals surface area contributed by atoms with E-state index in [0.717, 1.165) is 61.7 Å². The molecule has 0 saturated carbocycles. The first kappa shape index (κ1) is 24.6. The number of aromatic nitrogens is 4. The van der Waals surface area contributed by atoms with Gasteiger partial charge in [0, 0.05) is 43.9 Å². The zero-order valence-corrected chi connectivity index (χ0v) is 21.4. The number of nitrogens with zero attached hydrogens (tertiary/aromatic N) is 6. The minimum absolute atomic E-state index is 0.213. The van der Waals surface area contributed by atoms with E-state index in [9.17, 15) is 4.79 Å². The molecule has 4 heterocycles. The SMILES string of the molecule is COc1cc(-n2cnc(Nc3nc4c(c(N5CCCC5)n3)CCN(CC(N)=O)C4)c2)cc(OC)c1OC. The topological polar surface area (TPSA) is 133 Å². The van der Waals surface area contributed by atoms with E-state index in [1.165, 1.54) is 0 Å². The normalized spacial score (nSPS) is 15.4. The van der Waals surface area contributed by atoms with Crippen LogP contribution in [0.1, 0.15) is 24.1 Å². The molecule has 0 atom stereocenters. The number of primary amides is 1. The van der Waals surface area contributed by atoms with Gasteiger partial charge < -0.3 is 34.7 Å². The zero-order valence-electron chi connectivity index (χ0n) is 21.4. The van der Waals surface area contributed by atoms with Crippen molar-refractivity contribution in [3.05, 3.63) is 35.9 Å². The molecule has 12 nitrogen and oxygen atoms in total. The largest absolute Gasteiger partial charge is 0.493 e. The Morgan fingerprint density at radius 3 is 2.43 bits per heavy atom. The highest BCUT2D eigenvalue weighted by atomic mass is 16.5. The molecule has 3 N–H and O–H groups in total. The molecule has 12 heteroatoms. The first-order valence-corrected chi connectivity index (χ1v) is 12.3. The Hall–Kier alpha value is -4.06. The maximum absolute atomic E-state index is 11.5. The zero-order chi connectivity index (χ0) is 25.9. The molecule has 0 bridgehead atoms. The van der Waals surface area contributed by atoms with Crippen LogP contribution in [0.2, 0.25) is 0 Å². The predicted octanol–water partition coefficient (Wildman–Crippen LogP) is 1.88. The number of imidazole rings is 1. The Morgan fingerprint density at radius 1 is 1.05 bits per heavy atom. The van der Waals surface area contributed by atoms with Gasteiger partial charge in [0.25, 0.3) is 0 Å². The van der Waals surface area contributed by atoms with Crippen LogP contribution in [-0.4, -0.2) is 77.8 Å². The van der Waals surface area contributed by atoms with Gasteiger partial charge in [-0.05, 0) is 19.3 Å². The average Bonchev–Trinajstić information content (AvgIpc) is 3.59. The summed E-state index contributed by atoms with van der Waals surface area (Å²) in [6, 6.07) is 3.70. The Morgan fingerprint density at radius 2 is 1.78 bits per heavy atom. The minimum Gasteiger partial charge on any atom is -0.493 e. The lowest BCUT2D eigenvalue weighted by molar-refractivity contribution is -0.119. The van der Waals surface area contributed by atoms with Gasteiger partial charge in [0.15, 0.2) is 17.3 Å². The summed E-state index contributed by atoms with van der Waals surface area (Å²) in [6.45, 7) is 3.47. The molecule has 2 aromatic heterocycles. The number of fused-ring (bicyclic) bond motifs is 1. The molecule has 37 heavy (non-hydrogen) atoms. The van der Waals surface area contributed by atoms with Gasteiger partial charge in [0.2, 0.25) is 17.6 Å². The number of rotatable bonds is 9. The number of ether oxygens (including phenoxy) is 3. The van der Waals surface area contributed by atoms with E-state index in [1.54, 1.807) is 27.7 Å². The number of benzene rings is 1. The maximum Gasteiger partial charge on any atom is 0.231 e. The van der Waals surface area contributed by atoms with Crippen LogP contribution < -0.4 is 30.2 Å². The Bertz CT molecular complexity index is 1260. The first-order valence-electron chi connectivity index (χ1n) is 12.3. The highest BCUT2D eigenvalue weighted by Gasteiger charge is 2.27. The van der Waals surface area contributed by atoms with E-state index in [0.29, 0.717) is 35.6 Å². The predicted molar refractivity (Wildman–Crippen MR) is 138 cm³/mol. The van der Waals surface area contributed by atoms with Gasteiger partial charge in [-0.15, -0.1) is 0 Å². The fraction of sp³-hybridized carbons (Fsp3) is 0.440. The van der Waals surface area contributed by atoms with Gasteiger partial charge in [-0.1, -0.05) is 0 Å². The number of amides is 1. The molecule has 0 spiro atoms. The summed E-state index contributed by atoms with van der Waals surface area (Å²) >= 11 is 0. The smallest absolute Gasteiger partial charge is 0.231 e. The summed E-state index contributed by atoms with van der Waals surface area (Å²) in [5.41, 5.74) is 8.30. The number of hydrogen-bond donors (Lipinski definition) is 2. The number of methoxy groups -OCH3 is 3. The van der Waals surface area contributed by atoms with E-state index in [-0.39, 0.29) is 12.5 Å². The standard InChI is InChI=1S/C25H32N8O4/c1-35-19-10-16(11-20(36-2)23(19)37-3)33-14-22(27-15-33)29-25-28-18-12-31(13-21(26)34)9-6-17(18)24(30-25)32-7-4-5-8-32/h10-11,14-15H,4-9,12-13H2,1-3H3,(H2,26,34)(H,28,29,30). The van der Waals surface area contributed by atoms with Crippen molar-refractivity contribution in [2.45, 2.75) is 25.8 Å². The summed E-state index contributed by atoms with van der Waals surface area (Å²) < 4.78 is 18.2. The number of carbonyl (C=O) groups is 1. The van der Waals surface area contributed by atoms with Gasteiger partial charge in [0.1, 0.15) is 12.1 Å². The van der Waals surface area contributed by atoms with Gasteiger partial charge in [-0.25, -0.2) is 9.97 Å². The van der Waals surface area contributed by atoms with Crippen LogP contribution in [-0.2, 0) is 17.8 Å². The third-order valence-corrected chi connectivity index (χ3v) is 6.68. The number of nitrogens with two attached hydrogens (primary N) is 1. The van der Waals surface area contributed by atoms with Crippen LogP contribution in [0.25, 0.3) is 5.69 Å². The van der Waals surface area contributed by atoms with Gasteiger partial charge >= 0.3 is 0 Å². The van der Waals surface area contributed by atoms with Crippen molar-refractivity contribution in [3.8, 4) is 22.9 Å². The lowest BCUT2D eigenvalue weighted by atomic mass is 10.0. The molecule has 2 aliphatic heterocycles. The van der Waals surface area contributed by atoms with Crippen LogP contribution in [0.15, 0.2) is 24.7 Å². The second kappa shape index (κ2) is 10.5. The van der Waals surface area contributed by atoms with E-state index in [2.05, 4.69) is 15.2 Å². The van der Waals surface area contributed by atoms with Gasteiger partial charge in [-0.3, -0.25) is 9.69 Å². The average molecular weight is 509 g/mol. The lowest BCUT2D eigenvalue weighted by Crippen LogP contribution is -2.39. The van der Waals surface area contributed by atoms with E-state index >= 15 is 0 Å². The molecule has 1 saturated heterocycles. The molecule has 1 amide bonds. The minimum atomic E-state index is -0.340. The maximum atomic E-state index is 11.5. The number of carbonyl (C=O) groups excluding carboxylic acids is 1. The fourth-order valence-electron chi connectivity index (χ4n) is 4.93. The van der Waals surface area contributed by atoms with E-state index in [1.807, 2.05) is 27.8 Å². The van der Waals surface area contributed by atoms with E-state index < -0.39 is 0 Å². The summed E-state index contributed by atoms with van der Waals surface area (Å²) in [4.78, 5) is 30.1. The van der Waals surface area contributed by atoms with Crippen molar-refractivity contribution < 1.29 is 19.0 Å². The summed E-state index contributed by atoms with van der Waals surface area (Å²) in [5, 5.41) is 3.27. The number of hydrogen-bond acceptors (Lipinski definition) is 10. The summed E-state index contributed by atoms with van der Waals surface area (Å²) in [7, 11) is 4.73. The monoisotopic (exact) mass is 508 g/mol. The van der Waals surface area contributed by atoms with E-state index in [4.69, 9.17) is 29.9 Å². The quantitative estimate of drug-likeness (QED) is 0.441. The van der Waals surface area contributed by atoms with Crippen molar-refractivity contribution in [1.29, 1.82) is 0 Å². The van der Waals surface area contributed by atoms with Crippen molar-refractivity contribution in [2.24, 2.45) is 5.73 Å². The molecule has 0 radical (unpaired) electrons. The van der Waals surface area contributed by atoms with Crippen LogP contribution in [0.3, 0.4) is 0 Å². The molecule has 2 aliphatic rings. The highest BCUT2D eigenvalue weighted by molar-refractivity contribution is 5.76. The van der Waals surface area contributed by atoms with Gasteiger partial charge in [0.05, 0.1) is 45.5 Å². The second-order valence-electron chi connectivity index (χ2n) is 9.09. The molecule has 1 fully saturated rings. The molecule has 1 aromatic carbocycles. The molecule has 196 valence electrons. The molecular formula is C25H32N8O4. The van der Waals surface area contributed by atoms with Crippen molar-refractivity contribution in [2.75, 3.05) is 57.7 Å². The molecule has 3 aromatic rings. The molecule has 5 rings (SSSR count). The van der Waals surface area contributed by atoms with Crippen LogP contribution in [0.5, 0.6) is 17.2 Å². The van der Waals surface area contributed by atoms with Crippen molar-refractivity contribution in [3.63, 3.8) is 0 Å².